The minimum atomic E-state index is 0.439. The topological polar surface area (TPSA) is 0 Å². The van der Waals surface area contributed by atoms with Crippen molar-refractivity contribution in [3.05, 3.63) is 0 Å². The second kappa shape index (κ2) is 4.88. The Morgan fingerprint density at radius 1 is 1.29 bits per heavy atom. The number of rotatable bonds is 5. The Labute approximate surface area is 93.4 Å². The van der Waals surface area contributed by atoms with Gasteiger partial charge >= 0.3 is 0 Å². The van der Waals surface area contributed by atoms with Crippen LogP contribution in [0.15, 0.2) is 0 Å². The van der Waals surface area contributed by atoms with Crippen molar-refractivity contribution in [2.45, 2.75) is 63.7 Å². The molecule has 0 amide bonds. The third-order valence-electron chi connectivity index (χ3n) is 4.42. The normalized spacial score (nSPS) is 37.7. The third kappa shape index (κ3) is 2.45. The highest BCUT2D eigenvalue weighted by Gasteiger charge is 2.38. The van der Waals surface area contributed by atoms with Gasteiger partial charge in [-0.25, -0.2) is 0 Å². The van der Waals surface area contributed by atoms with Gasteiger partial charge in [0, 0.05) is 5.38 Å². The SMILES string of the molecule is CCC(Cl)CCCC1CC2CCC1C2. The highest BCUT2D eigenvalue weighted by atomic mass is 35.5. The van der Waals surface area contributed by atoms with E-state index in [1.54, 1.807) is 12.8 Å². The molecule has 0 aliphatic heterocycles. The fraction of sp³-hybridized carbons (Fsp3) is 1.00. The molecule has 0 nitrogen and oxygen atoms in total. The van der Waals surface area contributed by atoms with Crippen molar-refractivity contribution in [1.29, 1.82) is 0 Å². The standard InChI is InChI=1S/C13H23Cl/c1-2-13(14)5-3-4-11-8-10-6-7-12(11)9-10/h10-13H,2-9H2,1H3. The summed E-state index contributed by atoms with van der Waals surface area (Å²) in [6.45, 7) is 2.19. The van der Waals surface area contributed by atoms with E-state index < -0.39 is 0 Å². The predicted molar refractivity (Wildman–Crippen MR) is 62.7 cm³/mol. The van der Waals surface area contributed by atoms with Crippen LogP contribution in [0.4, 0.5) is 0 Å². The Morgan fingerprint density at radius 2 is 2.14 bits per heavy atom. The summed E-state index contributed by atoms with van der Waals surface area (Å²) in [4.78, 5) is 0. The Bertz CT molecular complexity index is 178. The van der Waals surface area contributed by atoms with E-state index >= 15 is 0 Å². The number of halogens is 1. The van der Waals surface area contributed by atoms with E-state index in [0.717, 1.165) is 24.2 Å². The lowest BCUT2D eigenvalue weighted by Crippen LogP contribution is -2.10. The minimum absolute atomic E-state index is 0.439. The van der Waals surface area contributed by atoms with E-state index in [-0.39, 0.29) is 0 Å². The number of fused-ring (bicyclic) bond motifs is 2. The summed E-state index contributed by atoms with van der Waals surface area (Å²) in [7, 11) is 0. The van der Waals surface area contributed by atoms with Crippen LogP contribution in [0.5, 0.6) is 0 Å². The van der Waals surface area contributed by atoms with E-state index in [1.165, 1.54) is 32.1 Å². The molecule has 0 saturated heterocycles. The number of hydrogen-bond donors (Lipinski definition) is 0. The van der Waals surface area contributed by atoms with Crippen molar-refractivity contribution in [2.75, 3.05) is 0 Å². The van der Waals surface area contributed by atoms with Gasteiger partial charge in [0.05, 0.1) is 0 Å². The molecule has 0 N–H and O–H groups in total. The monoisotopic (exact) mass is 214 g/mol. The van der Waals surface area contributed by atoms with Crippen LogP contribution in [-0.4, -0.2) is 5.38 Å². The van der Waals surface area contributed by atoms with Gasteiger partial charge in [-0.05, 0) is 49.9 Å². The Balaban J connectivity index is 1.62. The fourth-order valence-electron chi connectivity index (χ4n) is 3.54. The van der Waals surface area contributed by atoms with Gasteiger partial charge in [-0.1, -0.05) is 26.2 Å². The molecule has 2 fully saturated rings. The second-order valence-electron chi connectivity index (χ2n) is 5.37. The highest BCUT2D eigenvalue weighted by Crippen LogP contribution is 2.50. The first-order valence-electron chi connectivity index (χ1n) is 6.43. The zero-order valence-electron chi connectivity index (χ0n) is 9.34. The molecule has 2 rings (SSSR count). The van der Waals surface area contributed by atoms with Gasteiger partial charge in [0.25, 0.3) is 0 Å². The van der Waals surface area contributed by atoms with Gasteiger partial charge in [0.1, 0.15) is 0 Å². The number of hydrogen-bond acceptors (Lipinski definition) is 0. The lowest BCUT2D eigenvalue weighted by molar-refractivity contribution is 0.305. The van der Waals surface area contributed by atoms with Crippen LogP contribution in [0.2, 0.25) is 0 Å². The first kappa shape index (κ1) is 10.8. The first-order valence-corrected chi connectivity index (χ1v) is 6.87. The quantitative estimate of drug-likeness (QED) is 0.587. The molecule has 0 heterocycles. The summed E-state index contributed by atoms with van der Waals surface area (Å²) < 4.78 is 0. The molecule has 0 aromatic heterocycles. The molecule has 2 saturated carbocycles. The molecule has 1 heteroatoms. The number of alkyl halides is 1. The summed E-state index contributed by atoms with van der Waals surface area (Å²) >= 11 is 6.13. The van der Waals surface area contributed by atoms with E-state index in [2.05, 4.69) is 6.92 Å². The summed E-state index contributed by atoms with van der Waals surface area (Å²) in [5.74, 6) is 3.30. The second-order valence-corrected chi connectivity index (χ2v) is 5.99. The molecule has 2 aliphatic rings. The largest absolute Gasteiger partial charge is 0.123 e. The van der Waals surface area contributed by atoms with E-state index in [0.29, 0.717) is 5.38 Å². The first-order chi connectivity index (χ1) is 6.79. The maximum Gasteiger partial charge on any atom is 0.0333 e. The maximum atomic E-state index is 6.13. The van der Waals surface area contributed by atoms with Gasteiger partial charge in [-0.2, -0.15) is 0 Å². The molecule has 0 aromatic carbocycles. The van der Waals surface area contributed by atoms with Crippen LogP contribution in [-0.2, 0) is 0 Å². The Kier molecular flexibility index (Phi) is 3.76. The summed E-state index contributed by atoms with van der Waals surface area (Å²) in [5, 5.41) is 0.439. The van der Waals surface area contributed by atoms with Crippen LogP contribution in [0, 0.1) is 17.8 Å². The third-order valence-corrected chi connectivity index (χ3v) is 4.95. The van der Waals surface area contributed by atoms with Crippen molar-refractivity contribution in [3.63, 3.8) is 0 Å². The molecule has 4 unspecified atom stereocenters. The van der Waals surface area contributed by atoms with E-state index in [9.17, 15) is 0 Å². The average molecular weight is 215 g/mol. The van der Waals surface area contributed by atoms with Crippen molar-refractivity contribution in [2.24, 2.45) is 17.8 Å². The smallest absolute Gasteiger partial charge is 0.0333 e. The van der Waals surface area contributed by atoms with Crippen molar-refractivity contribution in [1.82, 2.24) is 0 Å². The fourth-order valence-corrected chi connectivity index (χ4v) is 3.69. The van der Waals surface area contributed by atoms with Gasteiger partial charge in [-0.3, -0.25) is 0 Å². The molecule has 4 atom stereocenters. The van der Waals surface area contributed by atoms with Crippen LogP contribution in [0.3, 0.4) is 0 Å². The molecule has 14 heavy (non-hydrogen) atoms. The average Bonchev–Trinajstić information content (AvgIpc) is 2.79. The Morgan fingerprint density at radius 3 is 2.71 bits per heavy atom. The van der Waals surface area contributed by atoms with Crippen LogP contribution in [0.25, 0.3) is 0 Å². The van der Waals surface area contributed by atoms with E-state index in [4.69, 9.17) is 11.6 Å². The summed E-state index contributed by atoms with van der Waals surface area (Å²) in [6, 6.07) is 0. The summed E-state index contributed by atoms with van der Waals surface area (Å²) in [6.07, 6.45) is 11.4. The van der Waals surface area contributed by atoms with Gasteiger partial charge in [0.2, 0.25) is 0 Å². The molecule has 0 radical (unpaired) electrons. The maximum absolute atomic E-state index is 6.13. The summed E-state index contributed by atoms with van der Waals surface area (Å²) in [5.41, 5.74) is 0. The van der Waals surface area contributed by atoms with Crippen molar-refractivity contribution < 1.29 is 0 Å². The molecule has 2 bridgehead atoms. The van der Waals surface area contributed by atoms with Gasteiger partial charge in [0.15, 0.2) is 0 Å². The zero-order chi connectivity index (χ0) is 9.97. The molecule has 2 aliphatic carbocycles. The van der Waals surface area contributed by atoms with Gasteiger partial charge < -0.3 is 0 Å². The lowest BCUT2D eigenvalue weighted by atomic mass is 9.85. The zero-order valence-corrected chi connectivity index (χ0v) is 10.1. The van der Waals surface area contributed by atoms with Crippen LogP contribution in [0.1, 0.15) is 58.3 Å². The van der Waals surface area contributed by atoms with Crippen molar-refractivity contribution >= 4 is 11.6 Å². The van der Waals surface area contributed by atoms with Crippen LogP contribution < -0.4 is 0 Å². The molecular weight excluding hydrogens is 192 g/mol. The predicted octanol–water partition coefficient (Wildman–Crippen LogP) is 4.61. The Hall–Kier alpha value is 0.290. The van der Waals surface area contributed by atoms with E-state index in [1.807, 2.05) is 0 Å². The van der Waals surface area contributed by atoms with Crippen molar-refractivity contribution in [3.8, 4) is 0 Å². The van der Waals surface area contributed by atoms with Gasteiger partial charge in [-0.15, -0.1) is 11.6 Å². The highest BCUT2D eigenvalue weighted by molar-refractivity contribution is 6.20. The molecule has 82 valence electrons. The molecular formula is C13H23Cl. The molecule has 0 spiro atoms. The molecule has 0 aromatic rings. The van der Waals surface area contributed by atoms with Crippen LogP contribution >= 0.6 is 11.6 Å². The lowest BCUT2D eigenvalue weighted by Gasteiger charge is -2.21. The minimum Gasteiger partial charge on any atom is -0.123 e.